The molecule has 2 aliphatic heterocycles. The van der Waals surface area contributed by atoms with Crippen LogP contribution in [0.2, 0.25) is 0 Å². The fourth-order valence-corrected chi connectivity index (χ4v) is 3.96. The van der Waals surface area contributed by atoms with Gasteiger partial charge in [-0.2, -0.15) is 0 Å². The first kappa shape index (κ1) is 21.2. The maximum absolute atomic E-state index is 14.8. The number of allylic oxidation sites excluding steroid dienone is 1. The molecule has 2 fully saturated rings. The van der Waals surface area contributed by atoms with Crippen LogP contribution in [0.3, 0.4) is 0 Å². The quantitative estimate of drug-likeness (QED) is 0.703. The van der Waals surface area contributed by atoms with Crippen LogP contribution >= 0.6 is 0 Å². The molecule has 1 N–H and O–H groups in total. The number of hydrazine groups is 1. The topological polar surface area (TPSA) is 44.8 Å². The van der Waals surface area contributed by atoms with Gasteiger partial charge in [0.1, 0.15) is 11.8 Å². The second kappa shape index (κ2) is 8.44. The molecule has 1 saturated heterocycles. The molecule has 1 saturated carbocycles. The Labute approximate surface area is 168 Å². The van der Waals surface area contributed by atoms with Gasteiger partial charge in [0, 0.05) is 25.3 Å². The zero-order valence-corrected chi connectivity index (χ0v) is 18.0. The fraction of sp³-hybridized carbons (Fsp3) is 0.773. The number of carbonyl (C=O) groups excluding carboxylic acids is 1. The van der Waals surface area contributed by atoms with Gasteiger partial charge in [-0.3, -0.25) is 0 Å². The van der Waals surface area contributed by atoms with Gasteiger partial charge < -0.3 is 14.6 Å². The van der Waals surface area contributed by atoms with E-state index < -0.39 is 11.8 Å². The average molecular weight is 394 g/mol. The lowest BCUT2D eigenvalue weighted by atomic mass is 10.0. The molecule has 0 aromatic heterocycles. The predicted octanol–water partition coefficient (Wildman–Crippen LogP) is 4.42. The van der Waals surface area contributed by atoms with Crippen LogP contribution in [-0.2, 0) is 4.74 Å². The van der Waals surface area contributed by atoms with Crippen LogP contribution in [0.25, 0.3) is 0 Å². The largest absolute Gasteiger partial charge is 0.444 e. The normalized spacial score (nSPS) is 26.5. The van der Waals surface area contributed by atoms with E-state index in [9.17, 15) is 9.18 Å². The lowest BCUT2D eigenvalue weighted by Crippen LogP contribution is -2.51. The number of alkyl halides is 1. The summed E-state index contributed by atoms with van der Waals surface area (Å²) < 4.78 is 20.2. The van der Waals surface area contributed by atoms with Gasteiger partial charge in [-0.25, -0.2) is 14.6 Å². The number of carbonyl (C=O) groups is 1. The number of ether oxygens (including phenoxy) is 1. The second-order valence-electron chi connectivity index (χ2n) is 9.61. The van der Waals surface area contributed by atoms with Gasteiger partial charge in [0.15, 0.2) is 0 Å². The van der Waals surface area contributed by atoms with Crippen LogP contribution < -0.4 is 5.43 Å². The summed E-state index contributed by atoms with van der Waals surface area (Å²) >= 11 is 0. The van der Waals surface area contributed by atoms with Crippen molar-refractivity contribution in [1.29, 1.82) is 0 Å². The zero-order valence-electron chi connectivity index (χ0n) is 18.0. The van der Waals surface area contributed by atoms with Crippen molar-refractivity contribution in [3.05, 3.63) is 23.9 Å². The van der Waals surface area contributed by atoms with Gasteiger partial charge >= 0.3 is 6.09 Å². The Kier molecular flexibility index (Phi) is 6.37. The van der Waals surface area contributed by atoms with Gasteiger partial charge in [-0.1, -0.05) is 19.1 Å². The van der Waals surface area contributed by atoms with E-state index in [4.69, 9.17) is 4.74 Å². The number of likely N-dealkylation sites (tertiary alicyclic amines) is 1. The van der Waals surface area contributed by atoms with Gasteiger partial charge in [0.2, 0.25) is 0 Å². The Hall–Kier alpha value is -1.56. The molecule has 0 radical (unpaired) electrons. The molecule has 2 heterocycles. The number of halogens is 1. The summed E-state index contributed by atoms with van der Waals surface area (Å²) in [5.74, 6) is 1.22. The van der Waals surface area contributed by atoms with E-state index in [1.807, 2.05) is 40.0 Å². The average Bonchev–Trinajstić information content (AvgIpc) is 3.40. The number of hydrogen-bond donors (Lipinski definition) is 1. The Balaban J connectivity index is 1.48. The minimum absolute atomic E-state index is 0.247. The lowest BCUT2D eigenvalue weighted by molar-refractivity contribution is 0.0142. The third kappa shape index (κ3) is 5.49. The highest BCUT2D eigenvalue weighted by molar-refractivity contribution is 5.68. The van der Waals surface area contributed by atoms with Crippen molar-refractivity contribution < 1.29 is 13.9 Å². The van der Waals surface area contributed by atoms with Crippen molar-refractivity contribution >= 4 is 6.09 Å². The Morgan fingerprint density at radius 3 is 2.46 bits per heavy atom. The Morgan fingerprint density at radius 2 is 1.89 bits per heavy atom. The monoisotopic (exact) mass is 393 g/mol. The third-order valence-electron chi connectivity index (χ3n) is 5.91. The lowest BCUT2D eigenvalue weighted by Gasteiger charge is -2.37. The molecule has 1 amide bonds. The Morgan fingerprint density at radius 1 is 1.25 bits per heavy atom. The van der Waals surface area contributed by atoms with Crippen LogP contribution in [0.5, 0.6) is 0 Å². The van der Waals surface area contributed by atoms with Crippen molar-refractivity contribution in [2.24, 2.45) is 11.8 Å². The summed E-state index contributed by atoms with van der Waals surface area (Å²) in [6.45, 7) is 11.1. The highest BCUT2D eigenvalue weighted by atomic mass is 19.1. The van der Waals surface area contributed by atoms with Crippen molar-refractivity contribution in [3.63, 3.8) is 0 Å². The smallest absolute Gasteiger partial charge is 0.410 e. The summed E-state index contributed by atoms with van der Waals surface area (Å²) in [7, 11) is 0. The molecule has 0 spiro atoms. The predicted molar refractivity (Wildman–Crippen MR) is 109 cm³/mol. The summed E-state index contributed by atoms with van der Waals surface area (Å²) in [6, 6.07) is -0.0354. The van der Waals surface area contributed by atoms with E-state index >= 15 is 0 Å². The van der Waals surface area contributed by atoms with E-state index in [1.54, 1.807) is 11.0 Å². The standard InChI is InChI=1S/C22H36FN3O2/c1-15(17-7-8-17)6-9-19(23)20-16(2)14-26(24-20)18-10-12-25(13-11-18)21(27)28-22(3,4)5/h6,9,14-15,17-20,24H,7-8,10-13H2,1-5H3/b9-6+. The summed E-state index contributed by atoms with van der Waals surface area (Å²) in [4.78, 5) is 14.0. The minimum atomic E-state index is -1.02. The zero-order chi connectivity index (χ0) is 20.5. The van der Waals surface area contributed by atoms with E-state index in [0.717, 1.165) is 24.3 Å². The molecule has 28 heavy (non-hydrogen) atoms. The van der Waals surface area contributed by atoms with Gasteiger partial charge in [0.25, 0.3) is 0 Å². The maximum Gasteiger partial charge on any atom is 0.410 e. The van der Waals surface area contributed by atoms with E-state index in [2.05, 4.69) is 17.4 Å². The van der Waals surface area contributed by atoms with Crippen LogP contribution in [0.15, 0.2) is 23.9 Å². The molecule has 6 heteroatoms. The van der Waals surface area contributed by atoms with Gasteiger partial charge in [-0.05, 0) is 70.8 Å². The highest BCUT2D eigenvalue weighted by Crippen LogP contribution is 2.37. The van der Waals surface area contributed by atoms with Crippen molar-refractivity contribution in [1.82, 2.24) is 15.3 Å². The van der Waals surface area contributed by atoms with Crippen molar-refractivity contribution in [2.45, 2.75) is 84.2 Å². The SMILES string of the molecule is CC1=CN(C2CCN(C(=O)OC(C)(C)C)CC2)NC1C(F)/C=C/C(C)C1CC1. The number of piperidine rings is 1. The van der Waals surface area contributed by atoms with Crippen molar-refractivity contribution in [2.75, 3.05) is 13.1 Å². The summed E-state index contributed by atoms with van der Waals surface area (Å²) in [5, 5.41) is 2.05. The second-order valence-corrected chi connectivity index (χ2v) is 9.61. The molecule has 1 aliphatic carbocycles. The molecule has 0 bridgehead atoms. The maximum atomic E-state index is 14.8. The first-order chi connectivity index (χ1) is 13.1. The van der Waals surface area contributed by atoms with Crippen molar-refractivity contribution in [3.8, 4) is 0 Å². The molecule has 0 aromatic rings. The minimum Gasteiger partial charge on any atom is -0.444 e. The third-order valence-corrected chi connectivity index (χ3v) is 5.91. The Bertz CT molecular complexity index is 616. The van der Waals surface area contributed by atoms with E-state index in [-0.39, 0.29) is 18.2 Å². The van der Waals surface area contributed by atoms with Crippen LogP contribution in [-0.4, -0.2) is 52.9 Å². The van der Waals surface area contributed by atoms with Crippen LogP contribution in [0, 0.1) is 11.8 Å². The first-order valence-electron chi connectivity index (χ1n) is 10.7. The van der Waals surface area contributed by atoms with Gasteiger partial charge in [0.05, 0.1) is 6.04 Å². The number of nitrogens with one attached hydrogen (secondary N) is 1. The summed E-state index contributed by atoms with van der Waals surface area (Å²) in [6.07, 6.45) is 8.77. The van der Waals surface area contributed by atoms with Crippen LogP contribution in [0.1, 0.15) is 60.3 Å². The highest BCUT2D eigenvalue weighted by Gasteiger charge is 2.34. The number of amides is 1. The molecular formula is C22H36FN3O2. The molecule has 3 aliphatic rings. The molecule has 5 nitrogen and oxygen atoms in total. The molecular weight excluding hydrogens is 357 g/mol. The van der Waals surface area contributed by atoms with E-state index in [1.165, 1.54) is 12.8 Å². The molecule has 0 aromatic carbocycles. The van der Waals surface area contributed by atoms with E-state index in [0.29, 0.717) is 19.0 Å². The molecule has 3 unspecified atom stereocenters. The number of hydrogen-bond acceptors (Lipinski definition) is 4. The molecule has 3 rings (SSSR count). The molecule has 158 valence electrons. The fourth-order valence-electron chi connectivity index (χ4n) is 3.96. The number of rotatable bonds is 5. The number of nitrogens with zero attached hydrogens (tertiary/aromatic N) is 2. The molecule has 3 atom stereocenters. The van der Waals surface area contributed by atoms with Crippen LogP contribution in [0.4, 0.5) is 9.18 Å². The van der Waals surface area contributed by atoms with Gasteiger partial charge in [-0.15, -0.1) is 0 Å². The summed E-state index contributed by atoms with van der Waals surface area (Å²) in [5.41, 5.74) is 3.89. The first-order valence-corrected chi connectivity index (χ1v) is 10.7.